The SMILES string of the molecule is CCOc1ccccc1C(CCl)N1CCCC1. The standard InChI is InChI=1S/C14H20ClNO/c1-2-17-14-8-4-3-7-12(14)13(11-15)16-9-5-6-10-16/h3-4,7-8,13H,2,5-6,9-11H2,1H3. The number of likely N-dealkylation sites (tertiary alicyclic amines) is 1. The summed E-state index contributed by atoms with van der Waals surface area (Å²) in [6.45, 7) is 5.02. The summed E-state index contributed by atoms with van der Waals surface area (Å²) in [6.07, 6.45) is 2.56. The van der Waals surface area contributed by atoms with Crippen molar-refractivity contribution in [3.8, 4) is 5.75 Å². The highest BCUT2D eigenvalue weighted by Crippen LogP contribution is 2.32. The fourth-order valence-electron chi connectivity index (χ4n) is 2.47. The van der Waals surface area contributed by atoms with Gasteiger partial charge in [-0.05, 0) is 38.9 Å². The summed E-state index contributed by atoms with van der Waals surface area (Å²) >= 11 is 6.16. The quantitative estimate of drug-likeness (QED) is 0.746. The lowest BCUT2D eigenvalue weighted by atomic mass is 10.1. The van der Waals surface area contributed by atoms with Gasteiger partial charge in [0.25, 0.3) is 0 Å². The Morgan fingerprint density at radius 3 is 2.65 bits per heavy atom. The first-order chi connectivity index (χ1) is 8.36. The van der Waals surface area contributed by atoms with E-state index >= 15 is 0 Å². The first kappa shape index (κ1) is 12.7. The van der Waals surface area contributed by atoms with Crippen molar-refractivity contribution in [1.29, 1.82) is 0 Å². The van der Waals surface area contributed by atoms with E-state index in [9.17, 15) is 0 Å². The molecule has 0 N–H and O–H groups in total. The van der Waals surface area contributed by atoms with Crippen LogP contribution < -0.4 is 4.74 Å². The van der Waals surface area contributed by atoms with Gasteiger partial charge in [0, 0.05) is 11.4 Å². The normalized spacial score (nSPS) is 18.2. The van der Waals surface area contributed by atoms with Crippen LogP contribution in [0.25, 0.3) is 0 Å². The highest BCUT2D eigenvalue weighted by Gasteiger charge is 2.24. The second kappa shape index (κ2) is 6.27. The zero-order valence-electron chi connectivity index (χ0n) is 10.4. The number of alkyl halides is 1. The second-order valence-electron chi connectivity index (χ2n) is 4.38. The van der Waals surface area contributed by atoms with E-state index in [1.54, 1.807) is 0 Å². The number of hydrogen-bond donors (Lipinski definition) is 0. The number of benzene rings is 1. The molecule has 0 aromatic heterocycles. The molecule has 1 aromatic carbocycles. The summed E-state index contributed by atoms with van der Waals surface area (Å²) in [5.41, 5.74) is 1.23. The maximum absolute atomic E-state index is 6.16. The number of para-hydroxylation sites is 1. The Bertz CT molecular complexity index is 350. The van der Waals surface area contributed by atoms with Gasteiger partial charge in [0.1, 0.15) is 5.75 Å². The zero-order chi connectivity index (χ0) is 12.1. The van der Waals surface area contributed by atoms with E-state index in [4.69, 9.17) is 16.3 Å². The van der Waals surface area contributed by atoms with Crippen LogP contribution in [0.15, 0.2) is 24.3 Å². The molecule has 1 saturated heterocycles. The fraction of sp³-hybridized carbons (Fsp3) is 0.571. The lowest BCUT2D eigenvalue weighted by molar-refractivity contribution is 0.254. The van der Waals surface area contributed by atoms with Gasteiger partial charge in [-0.15, -0.1) is 11.6 Å². The Morgan fingerprint density at radius 1 is 1.29 bits per heavy atom. The maximum Gasteiger partial charge on any atom is 0.124 e. The maximum atomic E-state index is 6.16. The summed E-state index contributed by atoms with van der Waals surface area (Å²) < 4.78 is 5.69. The van der Waals surface area contributed by atoms with Crippen molar-refractivity contribution in [3.05, 3.63) is 29.8 Å². The van der Waals surface area contributed by atoms with Crippen molar-refractivity contribution < 1.29 is 4.74 Å². The summed E-state index contributed by atoms with van der Waals surface area (Å²) in [6, 6.07) is 8.55. The lowest BCUT2D eigenvalue weighted by Gasteiger charge is -2.27. The predicted molar refractivity (Wildman–Crippen MR) is 71.9 cm³/mol. The predicted octanol–water partition coefficient (Wildman–Crippen LogP) is 3.46. The van der Waals surface area contributed by atoms with Crippen LogP contribution in [0.2, 0.25) is 0 Å². The Hall–Kier alpha value is -0.730. The van der Waals surface area contributed by atoms with Crippen LogP contribution in [0.5, 0.6) is 5.75 Å². The molecule has 2 nitrogen and oxygen atoms in total. The summed E-state index contributed by atoms with van der Waals surface area (Å²) in [4.78, 5) is 2.46. The summed E-state index contributed by atoms with van der Waals surface area (Å²) in [5.74, 6) is 1.61. The number of halogens is 1. The van der Waals surface area contributed by atoms with Gasteiger partial charge in [0.2, 0.25) is 0 Å². The number of nitrogens with zero attached hydrogens (tertiary/aromatic N) is 1. The van der Waals surface area contributed by atoms with Gasteiger partial charge in [-0.3, -0.25) is 4.90 Å². The topological polar surface area (TPSA) is 12.5 Å². The van der Waals surface area contributed by atoms with Crippen LogP contribution >= 0.6 is 11.6 Å². The van der Waals surface area contributed by atoms with Crippen LogP contribution in [0.3, 0.4) is 0 Å². The minimum Gasteiger partial charge on any atom is -0.494 e. The molecule has 2 rings (SSSR count). The first-order valence-electron chi connectivity index (χ1n) is 6.38. The molecule has 0 bridgehead atoms. The van der Waals surface area contributed by atoms with Gasteiger partial charge in [-0.2, -0.15) is 0 Å². The molecule has 1 unspecified atom stereocenters. The average Bonchev–Trinajstić information content (AvgIpc) is 2.86. The van der Waals surface area contributed by atoms with E-state index in [0.29, 0.717) is 18.5 Å². The summed E-state index contributed by atoms with van der Waals surface area (Å²) in [5, 5.41) is 0. The lowest BCUT2D eigenvalue weighted by Crippen LogP contribution is -2.27. The highest BCUT2D eigenvalue weighted by molar-refractivity contribution is 6.18. The molecule has 94 valence electrons. The van der Waals surface area contributed by atoms with E-state index < -0.39 is 0 Å². The van der Waals surface area contributed by atoms with Crippen molar-refractivity contribution in [1.82, 2.24) is 4.90 Å². The molecule has 0 radical (unpaired) electrons. The van der Waals surface area contributed by atoms with Gasteiger partial charge in [-0.1, -0.05) is 18.2 Å². The van der Waals surface area contributed by atoms with Gasteiger partial charge in [0.05, 0.1) is 12.6 Å². The molecule has 0 spiro atoms. The minimum absolute atomic E-state index is 0.293. The van der Waals surface area contributed by atoms with Crippen molar-refractivity contribution in [2.45, 2.75) is 25.8 Å². The average molecular weight is 254 g/mol. The van der Waals surface area contributed by atoms with E-state index in [-0.39, 0.29) is 0 Å². The van der Waals surface area contributed by atoms with Crippen LogP contribution in [-0.2, 0) is 0 Å². The van der Waals surface area contributed by atoms with Crippen LogP contribution in [-0.4, -0.2) is 30.5 Å². The van der Waals surface area contributed by atoms with Crippen LogP contribution in [0.4, 0.5) is 0 Å². The Balaban J connectivity index is 2.22. The Labute approximate surface area is 109 Å². The third kappa shape index (κ3) is 2.93. The molecule has 0 aliphatic carbocycles. The van der Waals surface area contributed by atoms with Crippen molar-refractivity contribution in [2.75, 3.05) is 25.6 Å². The molecule has 1 aliphatic rings. The van der Waals surface area contributed by atoms with Crippen LogP contribution in [0.1, 0.15) is 31.4 Å². The Kier molecular flexibility index (Phi) is 4.69. The molecule has 1 fully saturated rings. The third-order valence-electron chi connectivity index (χ3n) is 3.31. The molecule has 1 aromatic rings. The monoisotopic (exact) mass is 253 g/mol. The number of ether oxygens (including phenoxy) is 1. The third-order valence-corrected chi connectivity index (χ3v) is 3.60. The highest BCUT2D eigenvalue weighted by atomic mass is 35.5. The van der Waals surface area contributed by atoms with Crippen LogP contribution in [0, 0.1) is 0 Å². The van der Waals surface area contributed by atoms with Gasteiger partial charge in [0.15, 0.2) is 0 Å². The van der Waals surface area contributed by atoms with E-state index in [0.717, 1.165) is 18.8 Å². The van der Waals surface area contributed by atoms with Crippen molar-refractivity contribution in [3.63, 3.8) is 0 Å². The molecule has 1 atom stereocenters. The molecule has 1 heterocycles. The number of hydrogen-bond acceptors (Lipinski definition) is 2. The molecular weight excluding hydrogens is 234 g/mol. The number of rotatable bonds is 5. The summed E-state index contributed by atoms with van der Waals surface area (Å²) in [7, 11) is 0. The molecule has 17 heavy (non-hydrogen) atoms. The fourth-order valence-corrected chi connectivity index (χ4v) is 2.83. The first-order valence-corrected chi connectivity index (χ1v) is 6.92. The molecule has 0 amide bonds. The van der Waals surface area contributed by atoms with E-state index in [1.165, 1.54) is 18.4 Å². The molecule has 0 saturated carbocycles. The van der Waals surface area contributed by atoms with Gasteiger partial charge >= 0.3 is 0 Å². The molecule has 3 heteroatoms. The van der Waals surface area contributed by atoms with Gasteiger partial charge < -0.3 is 4.74 Å². The minimum atomic E-state index is 0.293. The van der Waals surface area contributed by atoms with E-state index in [2.05, 4.69) is 17.0 Å². The molecular formula is C14H20ClNO. The molecule has 1 aliphatic heterocycles. The second-order valence-corrected chi connectivity index (χ2v) is 4.69. The van der Waals surface area contributed by atoms with Crippen molar-refractivity contribution >= 4 is 11.6 Å². The Morgan fingerprint density at radius 2 is 2.00 bits per heavy atom. The smallest absolute Gasteiger partial charge is 0.124 e. The van der Waals surface area contributed by atoms with Crippen molar-refractivity contribution in [2.24, 2.45) is 0 Å². The zero-order valence-corrected chi connectivity index (χ0v) is 11.1. The van der Waals surface area contributed by atoms with Gasteiger partial charge in [-0.25, -0.2) is 0 Å². The largest absolute Gasteiger partial charge is 0.494 e. The van der Waals surface area contributed by atoms with E-state index in [1.807, 2.05) is 19.1 Å².